The predicted molar refractivity (Wildman–Crippen MR) is 112 cm³/mol. The number of carbonyl (C=O) groups is 2. The van der Waals surface area contributed by atoms with Gasteiger partial charge in [-0.3, -0.25) is 9.78 Å². The molecule has 2 aromatic carbocycles. The van der Waals surface area contributed by atoms with Gasteiger partial charge in [0, 0.05) is 24.7 Å². The fourth-order valence-corrected chi connectivity index (χ4v) is 3.88. The van der Waals surface area contributed by atoms with Crippen LogP contribution in [0, 0.1) is 6.92 Å². The van der Waals surface area contributed by atoms with Crippen molar-refractivity contribution >= 4 is 22.8 Å². The molecule has 5 nitrogen and oxygen atoms in total. The summed E-state index contributed by atoms with van der Waals surface area (Å²) in [5, 5.41) is 0.791. The number of fused-ring (bicyclic) bond motifs is 2. The molecule has 5 heteroatoms. The Bertz CT molecular complexity index is 1090. The van der Waals surface area contributed by atoms with Crippen LogP contribution in [0.2, 0.25) is 0 Å². The van der Waals surface area contributed by atoms with E-state index in [1.54, 1.807) is 11.9 Å². The van der Waals surface area contributed by atoms with Crippen LogP contribution in [0.4, 0.5) is 0 Å². The average Bonchev–Trinajstić information content (AvgIpc) is 3.19. The minimum atomic E-state index is -0.445. The zero-order chi connectivity index (χ0) is 20.4. The van der Waals surface area contributed by atoms with Crippen LogP contribution in [0.3, 0.4) is 0 Å². The summed E-state index contributed by atoms with van der Waals surface area (Å²) in [7, 11) is 1.72. The summed E-state index contributed by atoms with van der Waals surface area (Å²) in [4.78, 5) is 31.7. The Morgan fingerprint density at radius 3 is 2.66 bits per heavy atom. The number of amides is 1. The van der Waals surface area contributed by atoms with Crippen molar-refractivity contribution in [3.8, 4) is 0 Å². The number of likely N-dealkylation sites (N-methyl/N-ethyl adjacent to an activating group) is 1. The summed E-state index contributed by atoms with van der Waals surface area (Å²) in [6, 6.07) is 15.5. The van der Waals surface area contributed by atoms with E-state index in [9.17, 15) is 9.59 Å². The number of aromatic nitrogens is 1. The molecule has 0 aliphatic heterocycles. The molecule has 148 valence electrons. The minimum absolute atomic E-state index is 0.225. The third-order valence-corrected chi connectivity index (χ3v) is 5.54. The lowest BCUT2D eigenvalue weighted by Crippen LogP contribution is -2.31. The maximum Gasteiger partial charge on any atom is 0.339 e. The molecule has 0 spiro atoms. The molecule has 0 bridgehead atoms. The van der Waals surface area contributed by atoms with Gasteiger partial charge in [0.15, 0.2) is 6.61 Å². The maximum absolute atomic E-state index is 12.9. The molecule has 0 atom stereocenters. The first-order valence-electron chi connectivity index (χ1n) is 9.90. The highest BCUT2D eigenvalue weighted by Gasteiger charge is 2.25. The molecule has 0 fully saturated rings. The smallest absolute Gasteiger partial charge is 0.339 e. The van der Waals surface area contributed by atoms with Crippen LogP contribution in [0.15, 0.2) is 48.5 Å². The zero-order valence-electron chi connectivity index (χ0n) is 16.8. The Hall–Kier alpha value is -3.21. The lowest BCUT2D eigenvalue weighted by molar-refractivity contribution is -0.133. The first kappa shape index (κ1) is 19.1. The second-order valence-corrected chi connectivity index (χ2v) is 7.54. The molecular formula is C24H24N2O3. The third-order valence-electron chi connectivity index (χ3n) is 5.54. The van der Waals surface area contributed by atoms with Gasteiger partial charge in [-0.25, -0.2) is 4.79 Å². The fraction of sp³-hybridized carbons (Fsp3) is 0.292. The topological polar surface area (TPSA) is 59.5 Å². The first-order chi connectivity index (χ1) is 14.0. The molecule has 3 aromatic rings. The van der Waals surface area contributed by atoms with Gasteiger partial charge in [0.1, 0.15) is 0 Å². The van der Waals surface area contributed by atoms with E-state index in [0.717, 1.165) is 52.5 Å². The maximum atomic E-state index is 12.9. The second kappa shape index (κ2) is 8.03. The highest BCUT2D eigenvalue weighted by atomic mass is 16.5. The summed E-state index contributed by atoms with van der Waals surface area (Å²) in [5.74, 6) is -0.670. The molecule has 1 aromatic heterocycles. The molecule has 1 amide bonds. The largest absolute Gasteiger partial charge is 0.452 e. The minimum Gasteiger partial charge on any atom is -0.452 e. The summed E-state index contributed by atoms with van der Waals surface area (Å²) in [5.41, 5.74) is 5.50. The van der Waals surface area contributed by atoms with Gasteiger partial charge in [0.05, 0.1) is 11.1 Å². The molecular weight excluding hydrogens is 364 g/mol. The molecule has 4 rings (SSSR count). The lowest BCUT2D eigenvalue weighted by Gasteiger charge is -2.19. The van der Waals surface area contributed by atoms with Crippen molar-refractivity contribution in [2.24, 2.45) is 0 Å². The van der Waals surface area contributed by atoms with Crippen molar-refractivity contribution in [3.05, 3.63) is 76.5 Å². The van der Waals surface area contributed by atoms with Crippen molar-refractivity contribution in [3.63, 3.8) is 0 Å². The van der Waals surface area contributed by atoms with Gasteiger partial charge >= 0.3 is 5.97 Å². The van der Waals surface area contributed by atoms with E-state index in [0.29, 0.717) is 12.1 Å². The Morgan fingerprint density at radius 2 is 1.83 bits per heavy atom. The SMILES string of the molecule is Cc1ccccc1CN(C)C(=O)COC(=O)c1c2c(nc3ccccc13)CCC2. The van der Waals surface area contributed by atoms with Crippen LogP contribution in [-0.4, -0.2) is 35.4 Å². The van der Waals surface area contributed by atoms with Gasteiger partial charge in [-0.05, 0) is 48.9 Å². The quantitative estimate of drug-likeness (QED) is 0.623. The molecule has 29 heavy (non-hydrogen) atoms. The number of benzene rings is 2. The lowest BCUT2D eigenvalue weighted by atomic mass is 10.0. The van der Waals surface area contributed by atoms with Crippen LogP contribution in [-0.2, 0) is 28.9 Å². The van der Waals surface area contributed by atoms with Crippen LogP contribution < -0.4 is 0 Å². The zero-order valence-corrected chi connectivity index (χ0v) is 16.8. The van der Waals surface area contributed by atoms with Gasteiger partial charge in [-0.1, -0.05) is 42.5 Å². The molecule has 0 radical (unpaired) electrons. The van der Waals surface area contributed by atoms with Crippen LogP contribution in [0.25, 0.3) is 10.9 Å². The number of para-hydroxylation sites is 1. The van der Waals surface area contributed by atoms with Crippen LogP contribution >= 0.6 is 0 Å². The normalized spacial score (nSPS) is 12.6. The molecule has 1 aliphatic rings. The first-order valence-corrected chi connectivity index (χ1v) is 9.90. The number of pyridine rings is 1. The van der Waals surface area contributed by atoms with Gasteiger partial charge in [0.25, 0.3) is 5.91 Å². The fourth-order valence-electron chi connectivity index (χ4n) is 3.88. The third kappa shape index (κ3) is 3.86. The Morgan fingerprint density at radius 1 is 1.07 bits per heavy atom. The van der Waals surface area contributed by atoms with Gasteiger partial charge in [0.2, 0.25) is 0 Å². The second-order valence-electron chi connectivity index (χ2n) is 7.54. The predicted octanol–water partition coefficient (Wildman–Crippen LogP) is 3.85. The number of rotatable bonds is 5. The summed E-state index contributed by atoms with van der Waals surface area (Å²) in [6.07, 6.45) is 2.67. The molecule has 0 saturated heterocycles. The van der Waals surface area contributed by atoms with Crippen molar-refractivity contribution in [2.75, 3.05) is 13.7 Å². The monoisotopic (exact) mass is 388 g/mol. The van der Waals surface area contributed by atoms with Gasteiger partial charge < -0.3 is 9.64 Å². The number of hydrogen-bond acceptors (Lipinski definition) is 4. The standard InChI is InChI=1S/C24H24N2O3/c1-16-8-3-4-9-17(16)14-26(2)22(27)15-29-24(28)23-18-10-5-6-12-20(18)25-21-13-7-11-19(21)23/h3-6,8-10,12H,7,11,13-15H2,1-2H3. The molecule has 0 saturated carbocycles. The van der Waals surface area contributed by atoms with E-state index >= 15 is 0 Å². The van der Waals surface area contributed by atoms with Crippen molar-refractivity contribution in [1.82, 2.24) is 9.88 Å². The van der Waals surface area contributed by atoms with Crippen LogP contribution in [0.1, 0.15) is 39.2 Å². The van der Waals surface area contributed by atoms with E-state index in [4.69, 9.17) is 9.72 Å². The van der Waals surface area contributed by atoms with Gasteiger partial charge in [-0.2, -0.15) is 0 Å². The van der Waals surface area contributed by atoms with Gasteiger partial charge in [-0.15, -0.1) is 0 Å². The summed E-state index contributed by atoms with van der Waals surface area (Å²) in [6.45, 7) is 2.23. The van der Waals surface area contributed by atoms with E-state index in [2.05, 4.69) is 0 Å². The number of ether oxygens (including phenoxy) is 1. The van der Waals surface area contributed by atoms with Crippen molar-refractivity contribution < 1.29 is 14.3 Å². The Kier molecular flexibility index (Phi) is 5.30. The number of nitrogens with zero attached hydrogens (tertiary/aromatic N) is 2. The molecule has 0 N–H and O–H groups in total. The Balaban J connectivity index is 1.49. The average molecular weight is 388 g/mol. The molecule has 1 aliphatic carbocycles. The number of hydrogen-bond donors (Lipinski definition) is 0. The molecule has 0 unspecified atom stereocenters. The highest BCUT2D eigenvalue weighted by Crippen LogP contribution is 2.30. The number of aryl methyl sites for hydroxylation is 2. The van der Waals surface area contributed by atoms with E-state index in [1.165, 1.54) is 0 Å². The molecule has 1 heterocycles. The highest BCUT2D eigenvalue weighted by molar-refractivity contribution is 6.05. The van der Waals surface area contributed by atoms with Crippen molar-refractivity contribution in [2.45, 2.75) is 32.7 Å². The Labute approximate surface area is 170 Å². The van der Waals surface area contributed by atoms with E-state index in [1.807, 2.05) is 55.5 Å². The van der Waals surface area contributed by atoms with E-state index in [-0.39, 0.29) is 12.5 Å². The summed E-state index contributed by atoms with van der Waals surface area (Å²) >= 11 is 0. The van der Waals surface area contributed by atoms with Crippen molar-refractivity contribution in [1.29, 1.82) is 0 Å². The summed E-state index contributed by atoms with van der Waals surface area (Å²) < 4.78 is 5.45. The number of carbonyl (C=O) groups excluding carboxylic acids is 2. The van der Waals surface area contributed by atoms with E-state index < -0.39 is 5.97 Å². The van der Waals surface area contributed by atoms with Crippen LogP contribution in [0.5, 0.6) is 0 Å². The number of esters is 1.